The van der Waals surface area contributed by atoms with Gasteiger partial charge in [0.05, 0.1) is 0 Å². The molecule has 0 spiro atoms. The second-order valence-electron chi connectivity index (χ2n) is 7.31. The fraction of sp³-hybridized carbons (Fsp3) is 0.273. The maximum atomic E-state index is 12.8. The zero-order chi connectivity index (χ0) is 20.8. The molecule has 0 bridgehead atoms. The first-order valence-electron chi connectivity index (χ1n) is 9.47. The number of carbonyl (C=O) groups excluding carboxylic acids is 2. The second-order valence-corrected chi connectivity index (χ2v) is 7.31. The van der Waals surface area contributed by atoms with Gasteiger partial charge in [-0.05, 0) is 49.0 Å². The van der Waals surface area contributed by atoms with Crippen molar-refractivity contribution in [3.8, 4) is 0 Å². The summed E-state index contributed by atoms with van der Waals surface area (Å²) < 4.78 is 0. The van der Waals surface area contributed by atoms with Gasteiger partial charge < -0.3 is 9.80 Å². The monoisotopic (exact) mass is 394 g/mol. The van der Waals surface area contributed by atoms with Crippen LogP contribution in [0.4, 0.5) is 10.5 Å². The molecule has 29 heavy (non-hydrogen) atoms. The Balaban J connectivity index is 1.60. The number of hydrogen-bond donors (Lipinski definition) is 2. The Labute approximate surface area is 170 Å². The van der Waals surface area contributed by atoms with Gasteiger partial charge in [0.25, 0.3) is 5.91 Å². The lowest BCUT2D eigenvalue weighted by Gasteiger charge is -2.19. The van der Waals surface area contributed by atoms with E-state index in [1.165, 1.54) is 11.6 Å². The molecule has 7 nitrogen and oxygen atoms in total. The van der Waals surface area contributed by atoms with E-state index in [4.69, 9.17) is 5.21 Å². The molecule has 2 N–H and O–H groups in total. The highest BCUT2D eigenvalue weighted by atomic mass is 16.5. The average Bonchev–Trinajstić information content (AvgIpc) is 3.08. The Morgan fingerprint density at radius 1 is 1.07 bits per heavy atom. The van der Waals surface area contributed by atoms with E-state index in [0.29, 0.717) is 19.6 Å². The fourth-order valence-electron chi connectivity index (χ4n) is 3.28. The lowest BCUT2D eigenvalue weighted by molar-refractivity contribution is -0.124. The first-order chi connectivity index (χ1) is 14.0. The van der Waals surface area contributed by atoms with Crippen molar-refractivity contribution in [2.24, 2.45) is 0 Å². The summed E-state index contributed by atoms with van der Waals surface area (Å²) in [6.07, 6.45) is 2.83. The number of nitrogens with zero attached hydrogens (tertiary/aromatic N) is 3. The second kappa shape index (κ2) is 9.36. The molecule has 3 amide bonds. The Kier molecular flexibility index (Phi) is 6.64. The Bertz CT molecular complexity index is 876. The van der Waals surface area contributed by atoms with Crippen LogP contribution in [0.1, 0.15) is 16.7 Å². The van der Waals surface area contributed by atoms with Crippen LogP contribution >= 0.6 is 0 Å². The van der Waals surface area contributed by atoms with E-state index < -0.39 is 5.91 Å². The minimum Gasteiger partial charge on any atom is -0.318 e. The summed E-state index contributed by atoms with van der Waals surface area (Å²) >= 11 is 0. The van der Waals surface area contributed by atoms with Gasteiger partial charge in [0, 0.05) is 37.9 Å². The minimum atomic E-state index is -0.589. The highest BCUT2D eigenvalue weighted by molar-refractivity contribution is 5.94. The van der Waals surface area contributed by atoms with Crippen LogP contribution < -0.4 is 10.4 Å². The van der Waals surface area contributed by atoms with Gasteiger partial charge in [-0.25, -0.2) is 10.3 Å². The quantitative estimate of drug-likeness (QED) is 0.430. The standard InChI is InChI=1S/C22H26N4O3/c1-24(2)15-18-3-5-19(6-4-18)16-25-13-14-26(22(25)28)20-10-7-17(8-11-20)9-12-21(27)23-29/h3-12,29H,13-16H2,1-2H3,(H,23,27)/b12-9+. The largest absolute Gasteiger partial charge is 0.324 e. The molecule has 1 fully saturated rings. The van der Waals surface area contributed by atoms with Crippen LogP contribution in [-0.2, 0) is 17.9 Å². The maximum Gasteiger partial charge on any atom is 0.324 e. The van der Waals surface area contributed by atoms with E-state index in [0.717, 1.165) is 23.4 Å². The van der Waals surface area contributed by atoms with Gasteiger partial charge in [0.15, 0.2) is 0 Å². The first kappa shape index (κ1) is 20.6. The van der Waals surface area contributed by atoms with Gasteiger partial charge in [-0.2, -0.15) is 0 Å². The van der Waals surface area contributed by atoms with Crippen LogP contribution in [0.15, 0.2) is 54.6 Å². The number of nitrogens with one attached hydrogen (secondary N) is 1. The van der Waals surface area contributed by atoms with Gasteiger partial charge in [-0.15, -0.1) is 0 Å². The normalized spacial score (nSPS) is 14.3. The molecule has 0 saturated carbocycles. The van der Waals surface area contributed by atoms with Crippen molar-refractivity contribution in [2.45, 2.75) is 13.1 Å². The Morgan fingerprint density at radius 2 is 1.72 bits per heavy atom. The molecule has 1 aliphatic rings. The van der Waals surface area contributed by atoms with Crippen molar-refractivity contribution in [1.82, 2.24) is 15.3 Å². The number of carbonyl (C=O) groups is 2. The maximum absolute atomic E-state index is 12.8. The third-order valence-electron chi connectivity index (χ3n) is 4.73. The summed E-state index contributed by atoms with van der Waals surface area (Å²) in [6.45, 7) is 2.80. The van der Waals surface area contributed by atoms with E-state index in [2.05, 4.69) is 29.2 Å². The van der Waals surface area contributed by atoms with Gasteiger partial charge in [0.1, 0.15) is 0 Å². The Morgan fingerprint density at radius 3 is 2.34 bits per heavy atom. The molecule has 1 heterocycles. The minimum absolute atomic E-state index is 0.00896. The molecule has 2 aromatic carbocycles. The van der Waals surface area contributed by atoms with Gasteiger partial charge in [0.2, 0.25) is 0 Å². The molecule has 0 unspecified atom stereocenters. The summed E-state index contributed by atoms with van der Waals surface area (Å²) in [4.78, 5) is 29.6. The highest BCUT2D eigenvalue weighted by Crippen LogP contribution is 2.22. The van der Waals surface area contributed by atoms with E-state index in [1.54, 1.807) is 16.5 Å². The van der Waals surface area contributed by atoms with Crippen molar-refractivity contribution < 1.29 is 14.8 Å². The van der Waals surface area contributed by atoms with Crippen LogP contribution in [0.25, 0.3) is 6.08 Å². The van der Waals surface area contributed by atoms with Gasteiger partial charge in [-0.3, -0.25) is 14.9 Å². The molecule has 0 radical (unpaired) electrons. The summed E-state index contributed by atoms with van der Waals surface area (Å²) in [6, 6.07) is 15.7. The zero-order valence-corrected chi connectivity index (χ0v) is 16.7. The van der Waals surface area contributed by atoms with Crippen LogP contribution in [0, 0.1) is 0 Å². The van der Waals surface area contributed by atoms with Crippen LogP contribution in [0.3, 0.4) is 0 Å². The molecule has 0 atom stereocenters. The van der Waals surface area contributed by atoms with Crippen LogP contribution in [0.2, 0.25) is 0 Å². The number of amides is 3. The number of benzene rings is 2. The molecular weight excluding hydrogens is 368 g/mol. The van der Waals surface area contributed by atoms with Gasteiger partial charge >= 0.3 is 6.03 Å². The molecule has 2 aromatic rings. The number of hydrogen-bond acceptors (Lipinski definition) is 4. The SMILES string of the molecule is CN(C)Cc1ccc(CN2CCN(c3ccc(/C=C/C(=O)NO)cc3)C2=O)cc1. The highest BCUT2D eigenvalue weighted by Gasteiger charge is 2.29. The van der Waals surface area contributed by atoms with Crippen LogP contribution in [-0.4, -0.2) is 54.1 Å². The molecule has 1 saturated heterocycles. The predicted octanol–water partition coefficient (Wildman–Crippen LogP) is 2.71. The number of hydroxylamine groups is 1. The topological polar surface area (TPSA) is 76.1 Å². The van der Waals surface area contributed by atoms with E-state index >= 15 is 0 Å². The van der Waals surface area contributed by atoms with Crippen molar-refractivity contribution in [3.05, 3.63) is 71.3 Å². The first-order valence-corrected chi connectivity index (χ1v) is 9.47. The summed E-state index contributed by atoms with van der Waals surface area (Å²) in [5, 5.41) is 8.51. The van der Waals surface area contributed by atoms with Crippen molar-refractivity contribution >= 4 is 23.7 Å². The molecular formula is C22H26N4O3. The van der Waals surface area contributed by atoms with E-state index in [1.807, 2.05) is 43.3 Å². The van der Waals surface area contributed by atoms with Crippen molar-refractivity contribution in [1.29, 1.82) is 0 Å². The summed E-state index contributed by atoms with van der Waals surface area (Å²) in [7, 11) is 4.08. The zero-order valence-electron chi connectivity index (χ0n) is 16.7. The Hall–Kier alpha value is -3.16. The third-order valence-corrected chi connectivity index (χ3v) is 4.73. The fourth-order valence-corrected chi connectivity index (χ4v) is 3.28. The molecule has 0 aliphatic carbocycles. The average molecular weight is 394 g/mol. The van der Waals surface area contributed by atoms with Crippen molar-refractivity contribution in [2.75, 3.05) is 32.1 Å². The summed E-state index contributed by atoms with van der Waals surface area (Å²) in [5.74, 6) is -0.589. The molecule has 3 rings (SSSR count). The van der Waals surface area contributed by atoms with Gasteiger partial charge in [-0.1, -0.05) is 36.4 Å². The number of anilines is 1. The molecule has 152 valence electrons. The van der Waals surface area contributed by atoms with E-state index in [-0.39, 0.29) is 6.03 Å². The molecule has 7 heteroatoms. The third kappa shape index (κ3) is 5.43. The molecule has 1 aliphatic heterocycles. The number of rotatable bonds is 7. The lowest BCUT2D eigenvalue weighted by atomic mass is 10.1. The number of urea groups is 1. The summed E-state index contributed by atoms with van der Waals surface area (Å²) in [5.41, 5.74) is 5.54. The van der Waals surface area contributed by atoms with Crippen LogP contribution in [0.5, 0.6) is 0 Å². The molecule has 0 aromatic heterocycles. The lowest BCUT2D eigenvalue weighted by Crippen LogP contribution is -2.31. The smallest absolute Gasteiger partial charge is 0.318 e. The van der Waals surface area contributed by atoms with Crippen molar-refractivity contribution in [3.63, 3.8) is 0 Å². The predicted molar refractivity (Wildman–Crippen MR) is 112 cm³/mol. The van der Waals surface area contributed by atoms with E-state index in [9.17, 15) is 9.59 Å².